The Balaban J connectivity index is 2.09. The first-order valence-corrected chi connectivity index (χ1v) is 8.38. The fourth-order valence-electron chi connectivity index (χ4n) is 3.36. The first-order valence-electron chi connectivity index (χ1n) is 8.38. The van der Waals surface area contributed by atoms with E-state index in [0.29, 0.717) is 0 Å². The van der Waals surface area contributed by atoms with Gasteiger partial charge in [0, 0.05) is 6.54 Å². The second kappa shape index (κ2) is 8.42. The Labute approximate surface area is 134 Å². The third kappa shape index (κ3) is 4.38. The van der Waals surface area contributed by atoms with Crippen LogP contribution >= 0.6 is 0 Å². The molecule has 2 atom stereocenters. The van der Waals surface area contributed by atoms with Gasteiger partial charge in [-0.2, -0.15) is 0 Å². The van der Waals surface area contributed by atoms with Crippen LogP contribution in [0.3, 0.4) is 0 Å². The molecule has 1 saturated heterocycles. The summed E-state index contributed by atoms with van der Waals surface area (Å²) in [6, 6.07) is 8.18. The highest BCUT2D eigenvalue weighted by Gasteiger charge is 2.28. The summed E-state index contributed by atoms with van der Waals surface area (Å²) < 4.78 is 0. The molecule has 1 aliphatic heterocycles. The van der Waals surface area contributed by atoms with Crippen molar-refractivity contribution < 1.29 is 4.79 Å². The van der Waals surface area contributed by atoms with Gasteiger partial charge in [-0.15, -0.1) is 0 Å². The number of hydrogen-bond acceptors (Lipinski definition) is 4. The SMILES string of the molecule is CCCN(C)Cc1ccc(C(C(N)C=O)N2CCCC2)cc1. The Morgan fingerprint density at radius 2 is 1.91 bits per heavy atom. The van der Waals surface area contributed by atoms with Gasteiger partial charge in [0.25, 0.3) is 0 Å². The molecule has 22 heavy (non-hydrogen) atoms. The fraction of sp³-hybridized carbons (Fsp3) is 0.611. The van der Waals surface area contributed by atoms with E-state index in [0.717, 1.165) is 38.0 Å². The third-order valence-corrected chi connectivity index (χ3v) is 4.43. The van der Waals surface area contributed by atoms with Crippen molar-refractivity contribution in [1.29, 1.82) is 0 Å². The van der Waals surface area contributed by atoms with Crippen LogP contribution in [-0.2, 0) is 11.3 Å². The van der Waals surface area contributed by atoms with E-state index < -0.39 is 6.04 Å². The van der Waals surface area contributed by atoms with E-state index in [2.05, 4.69) is 48.0 Å². The van der Waals surface area contributed by atoms with Crippen LogP contribution in [0.15, 0.2) is 24.3 Å². The van der Waals surface area contributed by atoms with Crippen molar-refractivity contribution in [3.8, 4) is 0 Å². The average molecular weight is 303 g/mol. The van der Waals surface area contributed by atoms with E-state index in [9.17, 15) is 4.79 Å². The van der Waals surface area contributed by atoms with Crippen molar-refractivity contribution in [3.05, 3.63) is 35.4 Å². The molecule has 1 heterocycles. The Hall–Kier alpha value is -1.23. The van der Waals surface area contributed by atoms with Gasteiger partial charge in [-0.25, -0.2) is 0 Å². The lowest BCUT2D eigenvalue weighted by Gasteiger charge is -2.30. The zero-order chi connectivity index (χ0) is 15.9. The molecule has 0 amide bonds. The molecule has 0 saturated carbocycles. The fourth-order valence-corrected chi connectivity index (χ4v) is 3.36. The number of benzene rings is 1. The Morgan fingerprint density at radius 3 is 2.45 bits per heavy atom. The number of nitrogens with two attached hydrogens (primary N) is 1. The molecule has 1 aromatic rings. The summed E-state index contributed by atoms with van der Waals surface area (Å²) in [6.45, 7) is 6.33. The Kier molecular flexibility index (Phi) is 6.55. The number of aldehydes is 1. The van der Waals surface area contributed by atoms with Gasteiger partial charge in [0.15, 0.2) is 0 Å². The smallest absolute Gasteiger partial charge is 0.138 e. The van der Waals surface area contributed by atoms with Gasteiger partial charge < -0.3 is 15.4 Å². The molecule has 2 N–H and O–H groups in total. The molecule has 4 heteroatoms. The average Bonchev–Trinajstić information content (AvgIpc) is 3.03. The molecule has 1 aromatic carbocycles. The molecule has 1 aliphatic rings. The van der Waals surface area contributed by atoms with Crippen molar-refractivity contribution in [2.45, 2.75) is 44.8 Å². The number of rotatable bonds is 8. The van der Waals surface area contributed by atoms with E-state index >= 15 is 0 Å². The zero-order valence-electron chi connectivity index (χ0n) is 13.9. The predicted molar refractivity (Wildman–Crippen MR) is 90.7 cm³/mol. The van der Waals surface area contributed by atoms with Crippen molar-refractivity contribution in [3.63, 3.8) is 0 Å². The highest BCUT2D eigenvalue weighted by Crippen LogP contribution is 2.27. The van der Waals surface area contributed by atoms with Gasteiger partial charge in [-0.3, -0.25) is 4.90 Å². The Morgan fingerprint density at radius 1 is 1.27 bits per heavy atom. The van der Waals surface area contributed by atoms with Crippen molar-refractivity contribution in [1.82, 2.24) is 9.80 Å². The van der Waals surface area contributed by atoms with Crippen LogP contribution in [0.25, 0.3) is 0 Å². The van der Waals surface area contributed by atoms with Gasteiger partial charge in [-0.05, 0) is 57.1 Å². The van der Waals surface area contributed by atoms with E-state index in [4.69, 9.17) is 5.73 Å². The molecule has 0 aliphatic carbocycles. The molecule has 0 bridgehead atoms. The summed E-state index contributed by atoms with van der Waals surface area (Å²) in [4.78, 5) is 15.9. The van der Waals surface area contributed by atoms with Crippen LogP contribution in [0.1, 0.15) is 43.4 Å². The number of likely N-dealkylation sites (tertiary alicyclic amines) is 1. The third-order valence-electron chi connectivity index (χ3n) is 4.43. The first-order chi connectivity index (χ1) is 10.7. The van der Waals surface area contributed by atoms with Crippen molar-refractivity contribution in [2.75, 3.05) is 26.7 Å². The standard InChI is InChI=1S/C18H29N3O/c1-3-10-20(2)13-15-6-8-16(9-7-15)18(17(19)14-22)21-11-4-5-12-21/h6-9,14,17-18H,3-5,10-13,19H2,1-2H3. The maximum absolute atomic E-state index is 11.2. The maximum Gasteiger partial charge on any atom is 0.138 e. The largest absolute Gasteiger partial charge is 0.320 e. The lowest BCUT2D eigenvalue weighted by atomic mass is 9.98. The van der Waals surface area contributed by atoms with Crippen LogP contribution in [0, 0.1) is 0 Å². The van der Waals surface area contributed by atoms with Gasteiger partial charge in [-0.1, -0.05) is 31.2 Å². The van der Waals surface area contributed by atoms with Crippen molar-refractivity contribution in [2.24, 2.45) is 5.73 Å². The minimum absolute atomic E-state index is 0.0161. The maximum atomic E-state index is 11.2. The van der Waals surface area contributed by atoms with Crippen LogP contribution < -0.4 is 5.73 Å². The molecule has 0 spiro atoms. The molecule has 122 valence electrons. The first kappa shape index (κ1) is 17.1. The summed E-state index contributed by atoms with van der Waals surface area (Å²) in [7, 11) is 2.15. The lowest BCUT2D eigenvalue weighted by molar-refractivity contribution is -0.110. The van der Waals surface area contributed by atoms with Gasteiger partial charge >= 0.3 is 0 Å². The van der Waals surface area contributed by atoms with Gasteiger partial charge in [0.1, 0.15) is 6.29 Å². The molecule has 0 aromatic heterocycles. The molecule has 4 nitrogen and oxygen atoms in total. The van der Waals surface area contributed by atoms with Gasteiger partial charge in [0.2, 0.25) is 0 Å². The molecule has 2 rings (SSSR count). The molecule has 1 fully saturated rings. The summed E-state index contributed by atoms with van der Waals surface area (Å²) in [5.74, 6) is 0. The highest BCUT2D eigenvalue weighted by atomic mass is 16.1. The number of hydrogen-bond donors (Lipinski definition) is 1. The Bertz CT molecular complexity index is 454. The second-order valence-corrected chi connectivity index (χ2v) is 6.38. The number of carbonyl (C=O) groups is 1. The van der Waals surface area contributed by atoms with Gasteiger partial charge in [0.05, 0.1) is 12.1 Å². The highest BCUT2D eigenvalue weighted by molar-refractivity contribution is 5.59. The minimum Gasteiger partial charge on any atom is -0.320 e. The van der Waals surface area contributed by atoms with Crippen LogP contribution in [0.4, 0.5) is 0 Å². The van der Waals surface area contributed by atoms with Crippen LogP contribution in [0.2, 0.25) is 0 Å². The van der Waals surface area contributed by atoms with E-state index in [1.54, 1.807) is 0 Å². The molecule has 0 radical (unpaired) electrons. The predicted octanol–water partition coefficient (Wildman–Crippen LogP) is 2.19. The quantitative estimate of drug-likeness (QED) is 0.748. The monoisotopic (exact) mass is 303 g/mol. The number of carbonyl (C=O) groups excluding carboxylic acids is 1. The summed E-state index contributed by atoms with van der Waals surface area (Å²) >= 11 is 0. The summed E-state index contributed by atoms with van der Waals surface area (Å²) in [5.41, 5.74) is 8.53. The summed E-state index contributed by atoms with van der Waals surface area (Å²) in [5, 5.41) is 0. The lowest BCUT2D eigenvalue weighted by Crippen LogP contribution is -2.40. The normalized spacial score (nSPS) is 18.5. The van der Waals surface area contributed by atoms with Crippen LogP contribution in [-0.4, -0.2) is 48.8 Å². The topological polar surface area (TPSA) is 49.6 Å². The molecular weight excluding hydrogens is 274 g/mol. The zero-order valence-corrected chi connectivity index (χ0v) is 13.9. The van der Waals surface area contributed by atoms with E-state index in [1.165, 1.54) is 24.8 Å². The summed E-state index contributed by atoms with van der Waals surface area (Å²) in [6.07, 6.45) is 4.44. The van der Waals surface area contributed by atoms with Crippen molar-refractivity contribution >= 4 is 6.29 Å². The minimum atomic E-state index is -0.452. The molecule has 2 unspecified atom stereocenters. The number of nitrogens with zero attached hydrogens (tertiary/aromatic N) is 2. The second-order valence-electron chi connectivity index (χ2n) is 6.38. The van der Waals surface area contributed by atoms with E-state index in [1.807, 2.05) is 0 Å². The molecular formula is C18H29N3O. The van der Waals surface area contributed by atoms with E-state index in [-0.39, 0.29) is 6.04 Å². The van der Waals surface area contributed by atoms with Crippen LogP contribution in [0.5, 0.6) is 0 Å².